The van der Waals surface area contributed by atoms with Gasteiger partial charge in [0.15, 0.2) is 0 Å². The molecule has 1 amide bonds. The number of sulfonamides is 1. The smallest absolute Gasteiger partial charge is 0.243 e. The van der Waals surface area contributed by atoms with Gasteiger partial charge >= 0.3 is 0 Å². The summed E-state index contributed by atoms with van der Waals surface area (Å²) in [6.45, 7) is 3.15. The predicted molar refractivity (Wildman–Crippen MR) is 122 cm³/mol. The van der Waals surface area contributed by atoms with E-state index in [2.05, 4.69) is 5.32 Å². The molecule has 6 nitrogen and oxygen atoms in total. The van der Waals surface area contributed by atoms with Gasteiger partial charge in [0.05, 0.1) is 33.9 Å². The van der Waals surface area contributed by atoms with Crippen LogP contribution in [0.2, 0.25) is 10.0 Å². The van der Waals surface area contributed by atoms with E-state index in [1.165, 1.54) is 22.1 Å². The number of aryl methyl sites for hydroxylation is 1. The summed E-state index contributed by atoms with van der Waals surface area (Å²) in [5.74, 6) is 0.618. The monoisotopic (exact) mass is 488 g/mol. The number of thioether (sulfide) groups is 1. The molecule has 0 saturated carbocycles. The number of rotatable bonds is 7. The molecule has 10 heteroatoms. The van der Waals surface area contributed by atoms with Gasteiger partial charge in [0.2, 0.25) is 15.9 Å². The van der Waals surface area contributed by atoms with Crippen LogP contribution in [0, 0.1) is 6.92 Å². The predicted octanol–water partition coefficient (Wildman–Crippen LogP) is 4.19. The average Bonchev–Trinajstić information content (AvgIpc) is 2.72. The molecule has 162 valence electrons. The first-order valence-corrected chi connectivity index (χ1v) is 12.6. The molecule has 1 N–H and O–H groups in total. The minimum absolute atomic E-state index is 0.200. The zero-order valence-electron chi connectivity index (χ0n) is 16.4. The van der Waals surface area contributed by atoms with Crippen molar-refractivity contribution in [3.05, 3.63) is 57.6 Å². The molecule has 0 aromatic heterocycles. The van der Waals surface area contributed by atoms with E-state index in [-0.39, 0.29) is 16.6 Å². The third-order valence-corrected chi connectivity index (χ3v) is 8.33. The van der Waals surface area contributed by atoms with E-state index in [1.54, 1.807) is 31.2 Å². The number of hydrogen-bond donors (Lipinski definition) is 1. The molecular weight excluding hydrogens is 467 g/mol. The second-order valence-electron chi connectivity index (χ2n) is 6.79. The summed E-state index contributed by atoms with van der Waals surface area (Å²) in [7, 11) is -3.64. The molecule has 0 unspecified atom stereocenters. The van der Waals surface area contributed by atoms with Crippen molar-refractivity contribution in [1.82, 2.24) is 4.31 Å². The number of halogens is 2. The van der Waals surface area contributed by atoms with Crippen LogP contribution in [0.5, 0.6) is 0 Å². The number of hydrogen-bond acceptors (Lipinski definition) is 5. The van der Waals surface area contributed by atoms with Gasteiger partial charge in [-0.2, -0.15) is 4.31 Å². The number of carbonyl (C=O) groups excluding carboxylic acids is 1. The molecule has 2 aromatic carbocycles. The van der Waals surface area contributed by atoms with Gasteiger partial charge in [0.25, 0.3) is 0 Å². The van der Waals surface area contributed by atoms with E-state index in [1.807, 2.05) is 6.07 Å². The van der Waals surface area contributed by atoms with E-state index >= 15 is 0 Å². The SMILES string of the molecule is Cc1ccc(NC(=O)CSCc2ccc(Cl)c(Cl)c2)cc1S(=O)(=O)N1CCOCC1. The molecule has 0 aliphatic carbocycles. The molecule has 1 aliphatic rings. The quantitative estimate of drug-likeness (QED) is 0.631. The molecule has 1 aliphatic heterocycles. The van der Waals surface area contributed by atoms with Gasteiger partial charge in [0, 0.05) is 24.5 Å². The fourth-order valence-corrected chi connectivity index (χ4v) is 5.72. The molecule has 2 aromatic rings. The van der Waals surface area contributed by atoms with Crippen LogP contribution in [0.3, 0.4) is 0 Å². The Morgan fingerprint density at radius 3 is 2.57 bits per heavy atom. The lowest BCUT2D eigenvalue weighted by molar-refractivity contribution is -0.113. The zero-order chi connectivity index (χ0) is 21.7. The Labute approximate surface area is 190 Å². The van der Waals surface area contributed by atoms with E-state index < -0.39 is 10.0 Å². The summed E-state index contributed by atoms with van der Waals surface area (Å²) in [6, 6.07) is 10.3. The highest BCUT2D eigenvalue weighted by molar-refractivity contribution is 7.99. The van der Waals surface area contributed by atoms with Gasteiger partial charge in [0.1, 0.15) is 0 Å². The summed E-state index contributed by atoms with van der Waals surface area (Å²) >= 11 is 13.3. The summed E-state index contributed by atoms with van der Waals surface area (Å²) in [5, 5.41) is 3.75. The first kappa shape index (κ1) is 23.4. The van der Waals surface area contributed by atoms with Crippen molar-refractivity contribution in [3.63, 3.8) is 0 Å². The van der Waals surface area contributed by atoms with Crippen LogP contribution in [-0.2, 0) is 25.3 Å². The molecule has 30 heavy (non-hydrogen) atoms. The van der Waals surface area contributed by atoms with Gasteiger partial charge < -0.3 is 10.1 Å². The lowest BCUT2D eigenvalue weighted by Crippen LogP contribution is -2.40. The molecule has 0 radical (unpaired) electrons. The van der Waals surface area contributed by atoms with Crippen molar-refractivity contribution >= 4 is 56.6 Å². The molecule has 1 heterocycles. The number of anilines is 1. The van der Waals surface area contributed by atoms with Crippen molar-refractivity contribution in [2.24, 2.45) is 0 Å². The second kappa shape index (κ2) is 10.3. The first-order chi connectivity index (χ1) is 14.3. The van der Waals surface area contributed by atoms with E-state index in [0.717, 1.165) is 5.56 Å². The number of benzene rings is 2. The van der Waals surface area contributed by atoms with Crippen molar-refractivity contribution in [2.45, 2.75) is 17.6 Å². The van der Waals surface area contributed by atoms with Gasteiger partial charge in [-0.3, -0.25) is 4.79 Å². The Bertz CT molecular complexity index is 1030. The van der Waals surface area contributed by atoms with Crippen molar-refractivity contribution < 1.29 is 17.9 Å². The molecule has 0 spiro atoms. The van der Waals surface area contributed by atoms with Gasteiger partial charge in [-0.05, 0) is 42.3 Å². The maximum Gasteiger partial charge on any atom is 0.243 e. The lowest BCUT2D eigenvalue weighted by atomic mass is 10.2. The van der Waals surface area contributed by atoms with E-state index in [9.17, 15) is 13.2 Å². The molecule has 3 rings (SSSR count). The number of morpholine rings is 1. The van der Waals surface area contributed by atoms with Crippen LogP contribution >= 0.6 is 35.0 Å². The Hall–Kier alpha value is -1.29. The van der Waals surface area contributed by atoms with Crippen LogP contribution < -0.4 is 5.32 Å². The summed E-state index contributed by atoms with van der Waals surface area (Å²) in [6.07, 6.45) is 0. The highest BCUT2D eigenvalue weighted by Gasteiger charge is 2.28. The minimum atomic E-state index is -3.64. The maximum atomic E-state index is 13.0. The van der Waals surface area contributed by atoms with Crippen LogP contribution in [0.25, 0.3) is 0 Å². The van der Waals surface area contributed by atoms with Gasteiger partial charge in [-0.25, -0.2) is 8.42 Å². The summed E-state index contributed by atoms with van der Waals surface area (Å²) in [4.78, 5) is 12.5. The van der Waals surface area contributed by atoms with Crippen LogP contribution in [-0.4, -0.2) is 50.7 Å². The fourth-order valence-electron chi connectivity index (χ4n) is 2.97. The first-order valence-electron chi connectivity index (χ1n) is 9.27. The fraction of sp³-hybridized carbons (Fsp3) is 0.350. The number of nitrogens with one attached hydrogen (secondary N) is 1. The Balaban J connectivity index is 1.61. The van der Waals surface area contributed by atoms with Gasteiger partial charge in [-0.1, -0.05) is 35.3 Å². The van der Waals surface area contributed by atoms with E-state index in [0.29, 0.717) is 53.4 Å². The lowest BCUT2D eigenvalue weighted by Gasteiger charge is -2.26. The number of carbonyl (C=O) groups is 1. The third-order valence-electron chi connectivity index (χ3n) is 4.55. The van der Waals surface area contributed by atoms with Crippen LogP contribution in [0.4, 0.5) is 5.69 Å². The Morgan fingerprint density at radius 1 is 1.13 bits per heavy atom. The van der Waals surface area contributed by atoms with E-state index in [4.69, 9.17) is 27.9 Å². The number of ether oxygens (including phenoxy) is 1. The highest BCUT2D eigenvalue weighted by Crippen LogP contribution is 2.26. The largest absolute Gasteiger partial charge is 0.379 e. The van der Waals surface area contributed by atoms with Crippen LogP contribution in [0.1, 0.15) is 11.1 Å². The molecule has 0 bridgehead atoms. The number of nitrogens with zero attached hydrogens (tertiary/aromatic N) is 1. The topological polar surface area (TPSA) is 75.7 Å². The summed E-state index contributed by atoms with van der Waals surface area (Å²) < 4.78 is 32.6. The third kappa shape index (κ3) is 5.90. The maximum absolute atomic E-state index is 13.0. The molecule has 0 atom stereocenters. The highest BCUT2D eigenvalue weighted by atomic mass is 35.5. The Morgan fingerprint density at radius 2 is 1.87 bits per heavy atom. The van der Waals surface area contributed by atoms with Crippen molar-refractivity contribution in [1.29, 1.82) is 0 Å². The van der Waals surface area contributed by atoms with Crippen molar-refractivity contribution in [2.75, 3.05) is 37.4 Å². The standard InChI is InChI=1S/C20H22Cl2N2O4S2/c1-14-2-4-16(11-19(14)30(26,27)24-6-8-28-9-7-24)23-20(25)13-29-12-15-3-5-17(21)18(22)10-15/h2-5,10-11H,6-9,12-13H2,1H3,(H,23,25). The number of amides is 1. The Kier molecular flexibility index (Phi) is 8.06. The van der Waals surface area contributed by atoms with Crippen molar-refractivity contribution in [3.8, 4) is 0 Å². The van der Waals surface area contributed by atoms with Gasteiger partial charge in [-0.15, -0.1) is 11.8 Å². The molecular formula is C20H22Cl2N2O4S2. The normalized spacial score (nSPS) is 15.2. The molecule has 1 saturated heterocycles. The summed E-state index contributed by atoms with van der Waals surface area (Å²) in [5.41, 5.74) is 2.05. The zero-order valence-corrected chi connectivity index (χ0v) is 19.5. The van der Waals surface area contributed by atoms with Crippen LogP contribution in [0.15, 0.2) is 41.3 Å². The second-order valence-corrected chi connectivity index (χ2v) is 10.5. The average molecular weight is 489 g/mol. The minimum Gasteiger partial charge on any atom is -0.379 e. The molecule has 1 fully saturated rings.